The molecular formula is C29H35N5O5S. The van der Waals surface area contributed by atoms with Gasteiger partial charge in [0.2, 0.25) is 5.95 Å². The van der Waals surface area contributed by atoms with Crippen molar-refractivity contribution in [2.75, 3.05) is 18.0 Å². The first-order valence-electron chi connectivity index (χ1n) is 13.4. The number of carbonyl (C=O) groups excluding carboxylic acids is 2. The minimum atomic E-state index is -0.612. The van der Waals surface area contributed by atoms with Gasteiger partial charge in [-0.25, -0.2) is 9.78 Å². The van der Waals surface area contributed by atoms with Crippen LogP contribution in [0.3, 0.4) is 0 Å². The molecule has 0 saturated carbocycles. The molecule has 1 N–H and O–H groups in total. The fourth-order valence-corrected chi connectivity index (χ4v) is 5.95. The number of carbonyl (C=O) groups is 2. The van der Waals surface area contributed by atoms with Crippen molar-refractivity contribution < 1.29 is 19.1 Å². The molecule has 1 aromatic carbocycles. The summed E-state index contributed by atoms with van der Waals surface area (Å²) in [5.74, 6) is 0.0751. The van der Waals surface area contributed by atoms with E-state index in [0.717, 1.165) is 17.7 Å². The van der Waals surface area contributed by atoms with Gasteiger partial charge in [0.05, 0.1) is 23.7 Å². The van der Waals surface area contributed by atoms with E-state index in [1.165, 1.54) is 18.3 Å². The number of amides is 1. The molecule has 1 unspecified atom stereocenters. The van der Waals surface area contributed by atoms with Gasteiger partial charge in [0.1, 0.15) is 16.4 Å². The number of hydrogen-bond donors (Lipinski definition) is 1. The van der Waals surface area contributed by atoms with Crippen LogP contribution in [0.1, 0.15) is 76.0 Å². The number of esters is 1. The third-order valence-corrected chi connectivity index (χ3v) is 7.72. The second-order valence-corrected chi connectivity index (χ2v) is 12.0. The molecule has 0 aliphatic carbocycles. The summed E-state index contributed by atoms with van der Waals surface area (Å²) in [7, 11) is 0. The van der Waals surface area contributed by atoms with Gasteiger partial charge < -0.3 is 19.7 Å². The third kappa shape index (κ3) is 6.80. The number of alkyl carbamates (subject to hydrolysis) is 1. The molecule has 1 amide bonds. The number of thiophene rings is 1. The molecule has 3 heterocycles. The van der Waals surface area contributed by atoms with Gasteiger partial charge in [0.15, 0.2) is 0 Å². The normalized spacial score (nSPS) is 16.3. The number of benzene rings is 1. The summed E-state index contributed by atoms with van der Waals surface area (Å²) in [6.45, 7) is 9.98. The number of anilines is 1. The SMILES string of the molecule is CC[C@H](OC(C)=O)c1cc2nc(N3CCCC(NC(=O)OC(C)(C)C)C3)n(Cc3ccccc3C#N)c(=O)c2s1. The van der Waals surface area contributed by atoms with Crippen LogP contribution in [-0.4, -0.2) is 46.3 Å². The van der Waals surface area contributed by atoms with Crippen LogP contribution in [0.15, 0.2) is 35.1 Å². The van der Waals surface area contributed by atoms with Crippen LogP contribution in [0.4, 0.5) is 10.7 Å². The molecule has 1 aliphatic rings. The Bertz CT molecular complexity index is 1500. The number of nitriles is 1. The Balaban J connectivity index is 1.76. The van der Waals surface area contributed by atoms with E-state index in [1.54, 1.807) is 16.7 Å². The zero-order valence-corrected chi connectivity index (χ0v) is 24.3. The summed E-state index contributed by atoms with van der Waals surface area (Å²) in [4.78, 5) is 45.8. The summed E-state index contributed by atoms with van der Waals surface area (Å²) < 4.78 is 13.0. The number of piperidine rings is 1. The van der Waals surface area contributed by atoms with Crippen molar-refractivity contribution in [1.82, 2.24) is 14.9 Å². The van der Waals surface area contributed by atoms with Crippen LogP contribution in [-0.2, 0) is 20.8 Å². The molecule has 1 fully saturated rings. The molecule has 212 valence electrons. The van der Waals surface area contributed by atoms with Crippen molar-refractivity contribution in [3.63, 3.8) is 0 Å². The standard InChI is InChI=1S/C29H35N5O5S/c1-6-23(38-18(2)35)24-14-22-25(40-24)26(36)34(16-20-11-8-7-10-19(20)15-30)27(32-22)33-13-9-12-21(17-33)31-28(37)39-29(3,4)5/h7-8,10-11,14,21,23H,6,9,12-13,16-17H2,1-5H3,(H,31,37)/t21?,23-/m0/s1. The van der Waals surface area contributed by atoms with Crippen molar-refractivity contribution in [3.05, 3.63) is 56.7 Å². The molecule has 2 aromatic heterocycles. The zero-order valence-electron chi connectivity index (χ0n) is 23.5. The smallest absolute Gasteiger partial charge is 0.407 e. The quantitative estimate of drug-likeness (QED) is 0.402. The van der Waals surface area contributed by atoms with Crippen LogP contribution in [0.25, 0.3) is 10.2 Å². The largest absolute Gasteiger partial charge is 0.457 e. The highest BCUT2D eigenvalue weighted by Crippen LogP contribution is 2.33. The second kappa shape index (κ2) is 12.1. The van der Waals surface area contributed by atoms with Crippen molar-refractivity contribution in [2.24, 2.45) is 0 Å². The first kappa shape index (κ1) is 29.1. The minimum absolute atomic E-state index is 0.163. The topological polar surface area (TPSA) is 127 Å². The van der Waals surface area contributed by atoms with E-state index in [4.69, 9.17) is 14.5 Å². The lowest BCUT2D eigenvalue weighted by Crippen LogP contribution is -2.50. The van der Waals surface area contributed by atoms with Crippen LogP contribution in [0.5, 0.6) is 0 Å². The van der Waals surface area contributed by atoms with E-state index in [0.29, 0.717) is 46.8 Å². The number of nitrogens with one attached hydrogen (secondary N) is 1. The maximum absolute atomic E-state index is 14.0. The van der Waals surface area contributed by atoms with Gasteiger partial charge in [0, 0.05) is 30.9 Å². The zero-order chi connectivity index (χ0) is 29.0. The lowest BCUT2D eigenvalue weighted by molar-refractivity contribution is -0.146. The number of ether oxygens (including phenoxy) is 2. The van der Waals surface area contributed by atoms with E-state index in [2.05, 4.69) is 11.4 Å². The summed E-state index contributed by atoms with van der Waals surface area (Å²) in [5.41, 5.74) is 0.870. The van der Waals surface area contributed by atoms with E-state index in [9.17, 15) is 19.6 Å². The molecule has 0 radical (unpaired) electrons. The van der Waals surface area contributed by atoms with E-state index >= 15 is 0 Å². The van der Waals surface area contributed by atoms with Crippen molar-refractivity contribution >= 4 is 39.6 Å². The molecular weight excluding hydrogens is 530 g/mol. The Morgan fingerprint density at radius 3 is 2.73 bits per heavy atom. The van der Waals surface area contributed by atoms with Crippen LogP contribution in [0, 0.1) is 11.3 Å². The first-order valence-corrected chi connectivity index (χ1v) is 14.2. The number of hydrogen-bond acceptors (Lipinski definition) is 9. The van der Waals surface area contributed by atoms with Gasteiger partial charge >= 0.3 is 12.1 Å². The molecule has 0 bridgehead atoms. The molecule has 0 spiro atoms. The number of aromatic nitrogens is 2. The molecule has 40 heavy (non-hydrogen) atoms. The van der Waals surface area contributed by atoms with Crippen LogP contribution < -0.4 is 15.8 Å². The van der Waals surface area contributed by atoms with E-state index < -0.39 is 17.8 Å². The van der Waals surface area contributed by atoms with E-state index in [1.807, 2.05) is 50.8 Å². The number of rotatable bonds is 7. The fourth-order valence-electron chi connectivity index (χ4n) is 4.79. The first-order chi connectivity index (χ1) is 19.0. The fraction of sp³-hybridized carbons (Fsp3) is 0.483. The average Bonchev–Trinajstić information content (AvgIpc) is 3.32. The Morgan fingerprint density at radius 2 is 2.05 bits per heavy atom. The van der Waals surface area contributed by atoms with Crippen molar-refractivity contribution in [1.29, 1.82) is 5.26 Å². The second-order valence-electron chi connectivity index (χ2n) is 10.9. The summed E-state index contributed by atoms with van der Waals surface area (Å²) in [5, 5.41) is 12.6. The summed E-state index contributed by atoms with van der Waals surface area (Å²) in [6, 6.07) is 11.0. The predicted molar refractivity (Wildman–Crippen MR) is 154 cm³/mol. The number of nitrogens with zero attached hydrogens (tertiary/aromatic N) is 4. The van der Waals surface area contributed by atoms with Gasteiger partial charge in [-0.15, -0.1) is 11.3 Å². The lowest BCUT2D eigenvalue weighted by atomic mass is 10.1. The van der Waals surface area contributed by atoms with Gasteiger partial charge in [-0.1, -0.05) is 25.1 Å². The van der Waals surface area contributed by atoms with Crippen molar-refractivity contribution in [3.8, 4) is 6.07 Å². The molecule has 10 nitrogen and oxygen atoms in total. The minimum Gasteiger partial charge on any atom is -0.457 e. The Labute approximate surface area is 237 Å². The molecule has 2 atom stereocenters. The molecule has 4 rings (SSSR count). The van der Waals surface area contributed by atoms with Crippen LogP contribution in [0.2, 0.25) is 0 Å². The van der Waals surface area contributed by atoms with Crippen molar-refractivity contribution in [2.45, 2.75) is 78.2 Å². The monoisotopic (exact) mass is 565 g/mol. The highest BCUT2D eigenvalue weighted by atomic mass is 32.1. The predicted octanol–water partition coefficient (Wildman–Crippen LogP) is 4.89. The molecule has 3 aromatic rings. The Morgan fingerprint density at radius 1 is 1.30 bits per heavy atom. The lowest BCUT2D eigenvalue weighted by Gasteiger charge is -2.35. The van der Waals surface area contributed by atoms with E-state index in [-0.39, 0.29) is 24.1 Å². The van der Waals surface area contributed by atoms with Gasteiger partial charge in [0.25, 0.3) is 5.56 Å². The van der Waals surface area contributed by atoms with Gasteiger partial charge in [-0.2, -0.15) is 5.26 Å². The average molecular weight is 566 g/mol. The molecule has 1 aliphatic heterocycles. The maximum Gasteiger partial charge on any atom is 0.407 e. The molecule has 11 heteroatoms. The highest BCUT2D eigenvalue weighted by Gasteiger charge is 2.28. The Kier molecular flexibility index (Phi) is 8.79. The molecule has 1 saturated heterocycles. The van der Waals surface area contributed by atoms with Gasteiger partial charge in [-0.3, -0.25) is 14.2 Å². The summed E-state index contributed by atoms with van der Waals surface area (Å²) in [6.07, 6.45) is 1.16. The highest BCUT2D eigenvalue weighted by molar-refractivity contribution is 7.19. The van der Waals surface area contributed by atoms with Crippen LogP contribution >= 0.6 is 11.3 Å². The third-order valence-electron chi connectivity index (χ3n) is 6.52. The van der Waals surface area contributed by atoms with Gasteiger partial charge in [-0.05, 0) is 57.7 Å². The summed E-state index contributed by atoms with van der Waals surface area (Å²) >= 11 is 1.27. The maximum atomic E-state index is 14.0. The Hall–Kier alpha value is -3.91. The number of fused-ring (bicyclic) bond motifs is 1.